The van der Waals surface area contributed by atoms with Crippen molar-refractivity contribution < 1.29 is 9.90 Å². The van der Waals surface area contributed by atoms with Gasteiger partial charge in [0.25, 0.3) is 5.91 Å². The van der Waals surface area contributed by atoms with Crippen LogP contribution < -0.4 is 10.3 Å². The molecule has 0 aromatic heterocycles. The molecule has 0 saturated carbocycles. The summed E-state index contributed by atoms with van der Waals surface area (Å²) in [4.78, 5) is 14.2. The van der Waals surface area contributed by atoms with Crippen LogP contribution in [0.1, 0.15) is 35.3 Å². The van der Waals surface area contributed by atoms with E-state index in [9.17, 15) is 9.90 Å². The Kier molecular flexibility index (Phi) is 6.42. The topological polar surface area (TPSA) is 64.9 Å². The second-order valence-electron chi connectivity index (χ2n) is 5.60. The van der Waals surface area contributed by atoms with E-state index in [1.165, 1.54) is 6.21 Å². The lowest BCUT2D eigenvalue weighted by atomic mass is 10.1. The maximum Gasteiger partial charge on any atom is 0.272 e. The fraction of sp³-hybridized carbons (Fsp3) is 0.263. The third-order valence-corrected chi connectivity index (χ3v) is 4.19. The molecular formula is C19H22ClN3O2. The molecule has 2 aromatic rings. The molecule has 0 aliphatic rings. The van der Waals surface area contributed by atoms with Crippen LogP contribution in [-0.2, 0) is 0 Å². The molecule has 0 aliphatic heterocycles. The number of hydrogen-bond donors (Lipinski definition) is 2. The molecule has 0 fully saturated rings. The second kappa shape index (κ2) is 8.53. The summed E-state index contributed by atoms with van der Waals surface area (Å²) in [5.74, 6) is -0.295. The molecule has 2 N–H and O–H groups in total. The van der Waals surface area contributed by atoms with Gasteiger partial charge in [0.1, 0.15) is 5.75 Å². The standard InChI is InChI=1S/C19H22ClN3O2/c1-4-23(5-2)15-8-7-14(18(24)11-15)12-21-22-19(25)16-9-6-13(3)10-17(16)20/h6-12,24H,4-5H2,1-3H3,(H,22,25)/b21-12+. The Morgan fingerprint density at radius 1 is 1.24 bits per heavy atom. The minimum Gasteiger partial charge on any atom is -0.507 e. The van der Waals surface area contributed by atoms with Crippen molar-refractivity contribution >= 4 is 29.4 Å². The van der Waals surface area contributed by atoms with E-state index >= 15 is 0 Å². The Labute approximate surface area is 152 Å². The summed E-state index contributed by atoms with van der Waals surface area (Å²) in [7, 11) is 0. The summed E-state index contributed by atoms with van der Waals surface area (Å²) < 4.78 is 0. The molecule has 0 radical (unpaired) electrons. The summed E-state index contributed by atoms with van der Waals surface area (Å²) in [5, 5.41) is 14.4. The molecule has 2 aromatic carbocycles. The zero-order valence-corrected chi connectivity index (χ0v) is 15.3. The number of phenolic OH excluding ortho intramolecular Hbond substituents is 1. The lowest BCUT2D eigenvalue weighted by molar-refractivity contribution is 0.0955. The number of hydrazone groups is 1. The normalized spacial score (nSPS) is 10.9. The van der Waals surface area contributed by atoms with Gasteiger partial charge in [0.15, 0.2) is 0 Å². The first kappa shape index (κ1) is 18.8. The van der Waals surface area contributed by atoms with E-state index in [0.717, 1.165) is 24.3 Å². The summed E-state index contributed by atoms with van der Waals surface area (Å²) in [6.45, 7) is 7.73. The number of nitrogens with zero attached hydrogens (tertiary/aromatic N) is 2. The van der Waals surface area contributed by atoms with E-state index in [-0.39, 0.29) is 5.75 Å². The predicted octanol–water partition coefficient (Wildman–Crippen LogP) is 3.96. The van der Waals surface area contributed by atoms with Crippen LogP contribution in [0.2, 0.25) is 5.02 Å². The molecule has 0 atom stereocenters. The molecular weight excluding hydrogens is 338 g/mol. The average molecular weight is 360 g/mol. The van der Waals surface area contributed by atoms with Gasteiger partial charge in [-0.15, -0.1) is 0 Å². The van der Waals surface area contributed by atoms with E-state index in [2.05, 4.69) is 29.3 Å². The highest BCUT2D eigenvalue weighted by Gasteiger charge is 2.09. The molecule has 0 aliphatic carbocycles. The third-order valence-electron chi connectivity index (χ3n) is 3.88. The highest BCUT2D eigenvalue weighted by atomic mass is 35.5. The summed E-state index contributed by atoms with van der Waals surface area (Å²) in [5.41, 5.74) is 5.21. The SMILES string of the molecule is CCN(CC)c1ccc(/C=N/NC(=O)c2ccc(C)cc2Cl)c(O)c1. The van der Waals surface area contributed by atoms with Gasteiger partial charge in [-0.3, -0.25) is 4.79 Å². The van der Waals surface area contributed by atoms with Crippen molar-refractivity contribution in [2.45, 2.75) is 20.8 Å². The van der Waals surface area contributed by atoms with Crippen molar-refractivity contribution in [1.82, 2.24) is 5.43 Å². The molecule has 0 unspecified atom stereocenters. The zero-order chi connectivity index (χ0) is 18.4. The molecule has 1 amide bonds. The Balaban J connectivity index is 2.08. The van der Waals surface area contributed by atoms with E-state index < -0.39 is 5.91 Å². The molecule has 0 bridgehead atoms. The van der Waals surface area contributed by atoms with Crippen LogP contribution in [0.25, 0.3) is 0 Å². The fourth-order valence-corrected chi connectivity index (χ4v) is 2.77. The van der Waals surface area contributed by atoms with Gasteiger partial charge in [0.05, 0.1) is 16.8 Å². The van der Waals surface area contributed by atoms with Crippen LogP contribution in [-0.4, -0.2) is 30.3 Å². The van der Waals surface area contributed by atoms with E-state index in [1.807, 2.05) is 19.1 Å². The van der Waals surface area contributed by atoms with Crippen molar-refractivity contribution in [3.8, 4) is 5.75 Å². The number of carbonyl (C=O) groups excluding carboxylic acids is 1. The average Bonchev–Trinajstić information content (AvgIpc) is 2.57. The van der Waals surface area contributed by atoms with Gasteiger partial charge in [0.2, 0.25) is 0 Å². The Morgan fingerprint density at radius 3 is 2.56 bits per heavy atom. The molecule has 0 heterocycles. The van der Waals surface area contributed by atoms with Crippen molar-refractivity contribution in [2.24, 2.45) is 5.10 Å². The minimum atomic E-state index is -0.402. The number of phenols is 1. The predicted molar refractivity (Wildman–Crippen MR) is 103 cm³/mol. The van der Waals surface area contributed by atoms with Gasteiger partial charge in [0, 0.05) is 30.4 Å². The molecule has 132 valence electrons. The Bertz CT molecular complexity index is 786. The summed E-state index contributed by atoms with van der Waals surface area (Å²) >= 11 is 6.06. The van der Waals surface area contributed by atoms with Crippen LogP contribution in [0.3, 0.4) is 0 Å². The van der Waals surface area contributed by atoms with E-state index in [4.69, 9.17) is 11.6 Å². The fourth-order valence-electron chi connectivity index (χ4n) is 2.45. The number of aryl methyl sites for hydroxylation is 1. The van der Waals surface area contributed by atoms with Gasteiger partial charge in [-0.25, -0.2) is 5.43 Å². The molecule has 6 heteroatoms. The number of anilines is 1. The summed E-state index contributed by atoms with van der Waals surface area (Å²) in [6, 6.07) is 10.5. The first-order valence-corrected chi connectivity index (χ1v) is 8.51. The van der Waals surface area contributed by atoms with Crippen molar-refractivity contribution in [3.63, 3.8) is 0 Å². The van der Waals surface area contributed by atoms with Gasteiger partial charge < -0.3 is 10.0 Å². The van der Waals surface area contributed by atoms with Gasteiger partial charge in [-0.05, 0) is 50.6 Å². The van der Waals surface area contributed by atoms with Crippen LogP contribution >= 0.6 is 11.6 Å². The Morgan fingerprint density at radius 2 is 1.96 bits per heavy atom. The van der Waals surface area contributed by atoms with Crippen molar-refractivity contribution in [2.75, 3.05) is 18.0 Å². The number of rotatable bonds is 6. The number of halogens is 1. The third kappa shape index (κ3) is 4.73. The smallest absolute Gasteiger partial charge is 0.272 e. The number of aromatic hydroxyl groups is 1. The number of nitrogens with one attached hydrogen (secondary N) is 1. The van der Waals surface area contributed by atoms with Crippen molar-refractivity contribution in [1.29, 1.82) is 0 Å². The monoisotopic (exact) mass is 359 g/mol. The highest BCUT2D eigenvalue weighted by Crippen LogP contribution is 2.23. The first-order chi connectivity index (χ1) is 12.0. The molecule has 0 saturated heterocycles. The van der Waals surface area contributed by atoms with Crippen molar-refractivity contribution in [3.05, 3.63) is 58.1 Å². The number of carbonyl (C=O) groups is 1. The highest BCUT2D eigenvalue weighted by molar-refractivity contribution is 6.33. The van der Waals surface area contributed by atoms with Gasteiger partial charge >= 0.3 is 0 Å². The molecule has 2 rings (SSSR count). The van der Waals surface area contributed by atoms with Crippen LogP contribution in [0.5, 0.6) is 5.75 Å². The lowest BCUT2D eigenvalue weighted by Crippen LogP contribution is -2.21. The van der Waals surface area contributed by atoms with E-state index in [0.29, 0.717) is 16.1 Å². The van der Waals surface area contributed by atoms with Crippen LogP contribution in [0.4, 0.5) is 5.69 Å². The minimum absolute atomic E-state index is 0.107. The lowest BCUT2D eigenvalue weighted by Gasteiger charge is -2.21. The van der Waals surface area contributed by atoms with Crippen LogP contribution in [0.15, 0.2) is 41.5 Å². The zero-order valence-electron chi connectivity index (χ0n) is 14.6. The Hall–Kier alpha value is -2.53. The second-order valence-corrected chi connectivity index (χ2v) is 6.01. The largest absolute Gasteiger partial charge is 0.507 e. The van der Waals surface area contributed by atoms with Crippen LogP contribution in [0, 0.1) is 6.92 Å². The molecule has 5 nitrogen and oxygen atoms in total. The molecule has 0 spiro atoms. The quantitative estimate of drug-likeness (QED) is 0.606. The maximum absolute atomic E-state index is 12.1. The maximum atomic E-state index is 12.1. The first-order valence-electron chi connectivity index (χ1n) is 8.13. The number of amides is 1. The number of benzene rings is 2. The summed E-state index contributed by atoms with van der Waals surface area (Å²) in [6.07, 6.45) is 1.40. The number of hydrogen-bond acceptors (Lipinski definition) is 4. The van der Waals surface area contributed by atoms with Gasteiger partial charge in [-0.1, -0.05) is 17.7 Å². The van der Waals surface area contributed by atoms with Gasteiger partial charge in [-0.2, -0.15) is 5.10 Å². The van der Waals surface area contributed by atoms with E-state index in [1.54, 1.807) is 24.3 Å². The molecule has 25 heavy (non-hydrogen) atoms.